The van der Waals surface area contributed by atoms with E-state index in [2.05, 4.69) is 6.92 Å². The molecule has 0 unspecified atom stereocenters. The first kappa shape index (κ1) is 28.2. The van der Waals surface area contributed by atoms with Crippen LogP contribution in [0.5, 0.6) is 0 Å². The van der Waals surface area contributed by atoms with E-state index in [0.717, 1.165) is 12.8 Å². The summed E-state index contributed by atoms with van der Waals surface area (Å²) >= 11 is 0. The second kappa shape index (κ2) is 19.1. The van der Waals surface area contributed by atoms with Crippen molar-refractivity contribution in [3.05, 3.63) is 35.4 Å². The number of ether oxygens (including phenoxy) is 1. The minimum Gasteiger partial charge on any atom is -0.478 e. The molecule has 0 aliphatic heterocycles. The van der Waals surface area contributed by atoms with Crippen molar-refractivity contribution in [3.63, 3.8) is 0 Å². The van der Waals surface area contributed by atoms with Gasteiger partial charge in [-0.2, -0.15) is 0 Å². The summed E-state index contributed by atoms with van der Waals surface area (Å²) in [6.07, 6.45) is 17.9. The minimum atomic E-state index is -1.11. The molecule has 159 valence electrons. The Morgan fingerprint density at radius 2 is 1.14 bits per heavy atom. The van der Waals surface area contributed by atoms with Crippen LogP contribution in [-0.4, -0.2) is 53.2 Å². The number of unbranched alkanes of at least 4 members (excludes halogenated alkanes) is 13. The van der Waals surface area contributed by atoms with E-state index >= 15 is 0 Å². The molecule has 1 N–H and O–H groups in total. The average Bonchev–Trinajstić information content (AvgIpc) is 2.70. The van der Waals surface area contributed by atoms with Gasteiger partial charge in [-0.05, 0) is 18.6 Å². The Hall–Kier alpha value is -0.840. The van der Waals surface area contributed by atoms with E-state index in [1.807, 2.05) is 0 Å². The van der Waals surface area contributed by atoms with Crippen LogP contribution in [0.2, 0.25) is 0 Å². The van der Waals surface area contributed by atoms with Gasteiger partial charge in [0.05, 0.1) is 17.7 Å². The second-order valence-electron chi connectivity index (χ2n) is 7.58. The SMILES string of the molecule is CCCCCCCCCCCCCCCCOC(=O)c1ccccc1C(=O)O.[Na]. The van der Waals surface area contributed by atoms with Crippen LogP contribution in [0.15, 0.2) is 24.3 Å². The predicted molar refractivity (Wildman–Crippen MR) is 120 cm³/mol. The van der Waals surface area contributed by atoms with Crippen molar-refractivity contribution in [2.45, 2.75) is 96.8 Å². The molecule has 0 saturated heterocycles. The number of aromatic carboxylic acids is 1. The zero-order chi connectivity index (χ0) is 20.5. The van der Waals surface area contributed by atoms with Gasteiger partial charge in [-0.15, -0.1) is 0 Å². The summed E-state index contributed by atoms with van der Waals surface area (Å²) in [5.74, 6) is -1.66. The topological polar surface area (TPSA) is 63.6 Å². The number of benzene rings is 1. The number of esters is 1. The van der Waals surface area contributed by atoms with Gasteiger partial charge in [0.1, 0.15) is 0 Å². The van der Waals surface area contributed by atoms with E-state index in [1.54, 1.807) is 12.1 Å². The van der Waals surface area contributed by atoms with Crippen LogP contribution < -0.4 is 0 Å². The third-order valence-corrected chi connectivity index (χ3v) is 5.11. The summed E-state index contributed by atoms with van der Waals surface area (Å²) in [6, 6.07) is 6.17. The van der Waals surface area contributed by atoms with Gasteiger partial charge >= 0.3 is 11.9 Å². The van der Waals surface area contributed by atoms with Crippen molar-refractivity contribution >= 4 is 41.5 Å². The molecule has 0 heterocycles. The van der Waals surface area contributed by atoms with E-state index in [0.29, 0.717) is 6.61 Å². The molecule has 0 fully saturated rings. The van der Waals surface area contributed by atoms with Crippen LogP contribution in [0.25, 0.3) is 0 Å². The maximum Gasteiger partial charge on any atom is 0.339 e. The second-order valence-corrected chi connectivity index (χ2v) is 7.58. The largest absolute Gasteiger partial charge is 0.478 e. The number of carbonyl (C=O) groups is 2. The summed E-state index contributed by atoms with van der Waals surface area (Å²) in [4.78, 5) is 23.1. The monoisotopic (exact) mass is 413 g/mol. The third kappa shape index (κ3) is 13.9. The molecule has 1 rings (SSSR count). The number of carboxylic acid groups (broad SMARTS) is 1. The molecule has 0 aliphatic rings. The van der Waals surface area contributed by atoms with Crippen LogP contribution in [0, 0.1) is 0 Å². The van der Waals surface area contributed by atoms with Crippen molar-refractivity contribution in [1.29, 1.82) is 0 Å². The van der Waals surface area contributed by atoms with Gasteiger partial charge in [0.15, 0.2) is 0 Å². The number of hydrogen-bond donors (Lipinski definition) is 1. The third-order valence-electron chi connectivity index (χ3n) is 5.11. The Labute approximate surface area is 199 Å². The Kier molecular flexibility index (Phi) is 18.6. The van der Waals surface area contributed by atoms with Gasteiger partial charge in [-0.25, -0.2) is 9.59 Å². The standard InChI is InChI=1S/C24H38O4.Na/c1-2-3-4-5-6-7-8-9-10-11-12-13-14-17-20-28-24(27)22-19-16-15-18-21(22)23(25)26;/h15-16,18-19H,2-14,17,20H2,1H3,(H,25,26);. The van der Waals surface area contributed by atoms with Crippen LogP contribution in [0.1, 0.15) is 118 Å². The molecule has 1 radical (unpaired) electrons. The Balaban J connectivity index is 0.00000784. The maximum absolute atomic E-state index is 12.0. The molecule has 0 saturated carbocycles. The normalized spacial score (nSPS) is 10.4. The summed E-state index contributed by atoms with van der Waals surface area (Å²) in [5.41, 5.74) is 0.119. The van der Waals surface area contributed by atoms with E-state index in [-0.39, 0.29) is 40.7 Å². The summed E-state index contributed by atoms with van der Waals surface area (Å²) in [5, 5.41) is 9.11. The van der Waals surface area contributed by atoms with E-state index in [9.17, 15) is 9.59 Å². The first-order chi connectivity index (χ1) is 13.7. The van der Waals surface area contributed by atoms with Crippen molar-refractivity contribution in [1.82, 2.24) is 0 Å². The summed E-state index contributed by atoms with van der Waals surface area (Å²) < 4.78 is 5.22. The zero-order valence-electron chi connectivity index (χ0n) is 18.6. The fourth-order valence-corrected chi connectivity index (χ4v) is 3.39. The molecule has 0 amide bonds. The number of carboxylic acids is 1. The minimum absolute atomic E-state index is 0. The Morgan fingerprint density at radius 3 is 1.59 bits per heavy atom. The molecule has 0 bridgehead atoms. The smallest absolute Gasteiger partial charge is 0.339 e. The van der Waals surface area contributed by atoms with E-state index in [4.69, 9.17) is 9.84 Å². The maximum atomic E-state index is 12.0. The zero-order valence-corrected chi connectivity index (χ0v) is 20.6. The van der Waals surface area contributed by atoms with Crippen LogP contribution in [0.3, 0.4) is 0 Å². The molecule has 1 aromatic rings. The Morgan fingerprint density at radius 1 is 0.724 bits per heavy atom. The van der Waals surface area contributed by atoms with Gasteiger partial charge in [0.25, 0.3) is 0 Å². The quantitative estimate of drug-likeness (QED) is 0.177. The number of rotatable bonds is 17. The molecule has 0 aliphatic carbocycles. The van der Waals surface area contributed by atoms with Gasteiger partial charge in [-0.3, -0.25) is 0 Å². The molecule has 29 heavy (non-hydrogen) atoms. The van der Waals surface area contributed by atoms with Crippen molar-refractivity contribution in [2.24, 2.45) is 0 Å². The summed E-state index contributed by atoms with van der Waals surface area (Å²) in [6.45, 7) is 2.61. The molecule has 1 aromatic carbocycles. The molecular weight excluding hydrogens is 375 g/mol. The van der Waals surface area contributed by atoms with Crippen LogP contribution >= 0.6 is 0 Å². The van der Waals surface area contributed by atoms with Gasteiger partial charge in [-0.1, -0.05) is 103 Å². The van der Waals surface area contributed by atoms with Gasteiger partial charge < -0.3 is 9.84 Å². The van der Waals surface area contributed by atoms with Crippen molar-refractivity contribution < 1.29 is 19.4 Å². The molecule has 0 aromatic heterocycles. The first-order valence-corrected chi connectivity index (χ1v) is 11.2. The number of hydrogen-bond acceptors (Lipinski definition) is 3. The van der Waals surface area contributed by atoms with Crippen molar-refractivity contribution in [2.75, 3.05) is 6.61 Å². The Bertz CT molecular complexity index is 560. The molecule has 0 atom stereocenters. The van der Waals surface area contributed by atoms with E-state index < -0.39 is 11.9 Å². The predicted octanol–water partition coefficient (Wildman–Crippen LogP) is 6.64. The molecular formula is C24H38NaO4. The first-order valence-electron chi connectivity index (χ1n) is 11.2. The molecule has 4 nitrogen and oxygen atoms in total. The van der Waals surface area contributed by atoms with Crippen LogP contribution in [-0.2, 0) is 4.74 Å². The fraction of sp³-hybridized carbons (Fsp3) is 0.667. The van der Waals surface area contributed by atoms with Gasteiger partial charge in [0.2, 0.25) is 0 Å². The summed E-state index contributed by atoms with van der Waals surface area (Å²) in [7, 11) is 0. The van der Waals surface area contributed by atoms with Crippen LogP contribution in [0.4, 0.5) is 0 Å². The molecule has 0 spiro atoms. The van der Waals surface area contributed by atoms with E-state index in [1.165, 1.54) is 89.2 Å². The average molecular weight is 414 g/mol. The molecule has 5 heteroatoms. The fourth-order valence-electron chi connectivity index (χ4n) is 3.39. The van der Waals surface area contributed by atoms with Crippen molar-refractivity contribution in [3.8, 4) is 0 Å². The number of carbonyl (C=O) groups excluding carboxylic acids is 1. The van der Waals surface area contributed by atoms with Gasteiger partial charge in [0, 0.05) is 29.6 Å².